The number of benzene rings is 1. The third-order valence-corrected chi connectivity index (χ3v) is 3.33. The van der Waals surface area contributed by atoms with E-state index in [0.29, 0.717) is 6.54 Å². The van der Waals surface area contributed by atoms with E-state index in [2.05, 4.69) is 37.9 Å². The molecule has 0 saturated carbocycles. The minimum atomic E-state index is 0.477. The van der Waals surface area contributed by atoms with E-state index in [-0.39, 0.29) is 0 Å². The Kier molecular flexibility index (Phi) is 2.41. The van der Waals surface area contributed by atoms with Crippen molar-refractivity contribution in [3.05, 3.63) is 35.8 Å². The van der Waals surface area contributed by atoms with Gasteiger partial charge < -0.3 is 10.3 Å². The van der Waals surface area contributed by atoms with Gasteiger partial charge in [0.1, 0.15) is 5.82 Å². The van der Waals surface area contributed by atoms with Gasteiger partial charge in [-0.2, -0.15) is 5.10 Å². The van der Waals surface area contributed by atoms with E-state index >= 15 is 0 Å². The number of imidazole rings is 1. The SMILES string of the molecule is Cc1nc2cc(-c3[nH]ncc3CN)ccc2n1C. The van der Waals surface area contributed by atoms with Crippen molar-refractivity contribution < 1.29 is 0 Å². The third kappa shape index (κ3) is 1.52. The maximum Gasteiger partial charge on any atom is 0.106 e. The Morgan fingerprint density at radius 2 is 2.22 bits per heavy atom. The highest BCUT2D eigenvalue weighted by atomic mass is 15.1. The van der Waals surface area contributed by atoms with Crippen LogP contribution in [-0.4, -0.2) is 19.7 Å². The normalized spacial score (nSPS) is 11.3. The van der Waals surface area contributed by atoms with Crippen LogP contribution in [0.15, 0.2) is 24.4 Å². The minimum absolute atomic E-state index is 0.477. The molecule has 0 spiro atoms. The summed E-state index contributed by atoms with van der Waals surface area (Å²) in [7, 11) is 2.02. The number of hydrogen-bond donors (Lipinski definition) is 2. The van der Waals surface area contributed by atoms with E-state index < -0.39 is 0 Å². The molecule has 3 aromatic rings. The lowest BCUT2D eigenvalue weighted by atomic mass is 10.1. The van der Waals surface area contributed by atoms with Crippen molar-refractivity contribution in [3.8, 4) is 11.3 Å². The first-order valence-corrected chi connectivity index (χ1v) is 5.86. The summed E-state index contributed by atoms with van der Waals surface area (Å²) in [5, 5.41) is 7.04. The molecular formula is C13H15N5. The summed E-state index contributed by atoms with van der Waals surface area (Å²) in [6.07, 6.45) is 1.77. The van der Waals surface area contributed by atoms with Crippen LogP contribution in [0, 0.1) is 6.92 Å². The van der Waals surface area contributed by atoms with Crippen molar-refractivity contribution in [3.63, 3.8) is 0 Å². The molecule has 0 aliphatic carbocycles. The fraction of sp³-hybridized carbons (Fsp3) is 0.231. The Bertz CT molecular complexity index is 707. The first-order chi connectivity index (χ1) is 8.70. The highest BCUT2D eigenvalue weighted by Crippen LogP contribution is 2.25. The van der Waals surface area contributed by atoms with Crippen LogP contribution in [0.3, 0.4) is 0 Å². The molecule has 5 heteroatoms. The molecule has 0 saturated heterocycles. The standard InChI is InChI=1S/C13H15N5/c1-8-16-11-5-9(3-4-12(11)18(8)2)13-10(6-14)7-15-17-13/h3-5,7H,6,14H2,1-2H3,(H,15,17). The van der Waals surface area contributed by atoms with Gasteiger partial charge >= 0.3 is 0 Å². The number of hydrogen-bond acceptors (Lipinski definition) is 3. The Hall–Kier alpha value is -2.14. The Balaban J connectivity index is 2.19. The fourth-order valence-electron chi connectivity index (χ4n) is 2.19. The summed E-state index contributed by atoms with van der Waals surface area (Å²) in [5.41, 5.74) is 10.9. The number of fused-ring (bicyclic) bond motifs is 1. The van der Waals surface area contributed by atoms with Crippen LogP contribution in [-0.2, 0) is 13.6 Å². The summed E-state index contributed by atoms with van der Waals surface area (Å²) in [6.45, 7) is 2.48. The molecule has 2 aromatic heterocycles. The lowest BCUT2D eigenvalue weighted by Gasteiger charge is -2.02. The minimum Gasteiger partial charge on any atom is -0.331 e. The van der Waals surface area contributed by atoms with Crippen molar-refractivity contribution in [2.75, 3.05) is 0 Å². The zero-order valence-corrected chi connectivity index (χ0v) is 10.4. The van der Waals surface area contributed by atoms with Gasteiger partial charge in [0.05, 0.1) is 22.9 Å². The zero-order chi connectivity index (χ0) is 12.7. The van der Waals surface area contributed by atoms with E-state index in [1.165, 1.54) is 0 Å². The van der Waals surface area contributed by atoms with Gasteiger partial charge in [-0.25, -0.2) is 4.98 Å². The lowest BCUT2D eigenvalue weighted by molar-refractivity contribution is 0.886. The molecule has 5 nitrogen and oxygen atoms in total. The largest absolute Gasteiger partial charge is 0.331 e. The monoisotopic (exact) mass is 241 g/mol. The summed E-state index contributed by atoms with van der Waals surface area (Å²) < 4.78 is 2.08. The van der Waals surface area contributed by atoms with Gasteiger partial charge in [-0.3, -0.25) is 5.10 Å². The average molecular weight is 241 g/mol. The Morgan fingerprint density at radius 1 is 1.39 bits per heavy atom. The number of nitrogens with two attached hydrogens (primary N) is 1. The van der Waals surface area contributed by atoms with Crippen LogP contribution in [0.5, 0.6) is 0 Å². The van der Waals surface area contributed by atoms with Crippen LogP contribution in [0.25, 0.3) is 22.3 Å². The average Bonchev–Trinajstić information content (AvgIpc) is 2.95. The first-order valence-electron chi connectivity index (χ1n) is 5.86. The molecule has 0 aliphatic heterocycles. The molecule has 3 rings (SSSR count). The molecule has 0 bridgehead atoms. The maximum atomic E-state index is 5.69. The predicted octanol–water partition coefficient (Wildman–Crippen LogP) is 1.73. The highest BCUT2D eigenvalue weighted by molar-refractivity contribution is 5.82. The third-order valence-electron chi connectivity index (χ3n) is 3.33. The van der Waals surface area contributed by atoms with E-state index in [9.17, 15) is 0 Å². The molecule has 0 radical (unpaired) electrons. The van der Waals surface area contributed by atoms with Crippen LogP contribution in [0.1, 0.15) is 11.4 Å². The van der Waals surface area contributed by atoms with Crippen molar-refractivity contribution >= 4 is 11.0 Å². The molecule has 92 valence electrons. The molecular weight excluding hydrogens is 226 g/mol. The molecule has 0 fully saturated rings. The van der Waals surface area contributed by atoms with Crippen LogP contribution in [0.4, 0.5) is 0 Å². The molecule has 1 aromatic carbocycles. The summed E-state index contributed by atoms with van der Waals surface area (Å²) in [5.74, 6) is 1.01. The summed E-state index contributed by atoms with van der Waals surface area (Å²) in [4.78, 5) is 4.54. The highest BCUT2D eigenvalue weighted by Gasteiger charge is 2.09. The predicted molar refractivity (Wildman–Crippen MR) is 70.9 cm³/mol. The van der Waals surface area contributed by atoms with E-state index in [0.717, 1.165) is 33.7 Å². The molecule has 0 amide bonds. The second-order valence-corrected chi connectivity index (χ2v) is 4.40. The Labute approximate surface area is 105 Å². The van der Waals surface area contributed by atoms with E-state index in [4.69, 9.17) is 5.73 Å². The number of nitrogens with one attached hydrogen (secondary N) is 1. The number of rotatable bonds is 2. The van der Waals surface area contributed by atoms with Crippen LogP contribution >= 0.6 is 0 Å². The number of nitrogens with zero attached hydrogens (tertiary/aromatic N) is 3. The first kappa shape index (κ1) is 11.0. The van der Waals surface area contributed by atoms with Crippen molar-refractivity contribution in [2.45, 2.75) is 13.5 Å². The van der Waals surface area contributed by atoms with Gasteiger partial charge in [0.15, 0.2) is 0 Å². The quantitative estimate of drug-likeness (QED) is 0.717. The van der Waals surface area contributed by atoms with E-state index in [1.54, 1.807) is 6.20 Å². The second-order valence-electron chi connectivity index (χ2n) is 4.40. The molecule has 0 unspecified atom stereocenters. The van der Waals surface area contributed by atoms with Crippen molar-refractivity contribution in [2.24, 2.45) is 12.8 Å². The van der Waals surface area contributed by atoms with Crippen LogP contribution < -0.4 is 5.73 Å². The summed E-state index contributed by atoms with van der Waals surface area (Å²) >= 11 is 0. The lowest BCUT2D eigenvalue weighted by Crippen LogP contribution is -1.96. The number of aryl methyl sites for hydroxylation is 2. The number of aromatic amines is 1. The molecule has 18 heavy (non-hydrogen) atoms. The van der Waals surface area contributed by atoms with Crippen LogP contribution in [0.2, 0.25) is 0 Å². The van der Waals surface area contributed by atoms with Gasteiger partial charge in [0.2, 0.25) is 0 Å². The smallest absolute Gasteiger partial charge is 0.106 e. The number of aromatic nitrogens is 4. The van der Waals surface area contributed by atoms with Gasteiger partial charge in [0, 0.05) is 24.7 Å². The van der Waals surface area contributed by atoms with Gasteiger partial charge in [-0.15, -0.1) is 0 Å². The van der Waals surface area contributed by atoms with Gasteiger partial charge in [-0.1, -0.05) is 6.07 Å². The molecule has 0 aliphatic rings. The summed E-state index contributed by atoms with van der Waals surface area (Å²) in [6, 6.07) is 6.21. The molecule has 0 atom stereocenters. The topological polar surface area (TPSA) is 72.5 Å². The maximum absolute atomic E-state index is 5.69. The fourth-order valence-corrected chi connectivity index (χ4v) is 2.19. The van der Waals surface area contributed by atoms with Crippen molar-refractivity contribution in [1.82, 2.24) is 19.7 Å². The second kappa shape index (κ2) is 3.96. The molecule has 3 N–H and O–H groups in total. The van der Waals surface area contributed by atoms with E-state index in [1.807, 2.05) is 14.0 Å². The van der Waals surface area contributed by atoms with Crippen molar-refractivity contribution in [1.29, 1.82) is 0 Å². The number of H-pyrrole nitrogens is 1. The molecule has 2 heterocycles. The van der Waals surface area contributed by atoms with Gasteiger partial charge in [-0.05, 0) is 19.1 Å². The Morgan fingerprint density at radius 3 is 3.00 bits per heavy atom. The van der Waals surface area contributed by atoms with Gasteiger partial charge in [0.25, 0.3) is 0 Å². The zero-order valence-electron chi connectivity index (χ0n) is 10.4.